The maximum Gasteiger partial charge on any atom is 0.177 e. The van der Waals surface area contributed by atoms with E-state index in [4.69, 9.17) is 16.3 Å². The smallest absolute Gasteiger partial charge is 0.177 e. The second-order valence-electron chi connectivity index (χ2n) is 6.32. The number of phenolic OH excluding ortho intramolecular Hbond substituents is 1. The summed E-state index contributed by atoms with van der Waals surface area (Å²) in [6.07, 6.45) is 3.45. The standard InChI is InChI=1S/C20H15ClN4O2/c1-27-15-7-6-12(16(21)20(15)26)17-13-8-9-25-19(13)18(22-10-23-25)11-4-2-3-5-14(11)24-17/h2-10,17,24,26H,1H3. The van der Waals surface area contributed by atoms with Gasteiger partial charge in [0.15, 0.2) is 11.5 Å². The van der Waals surface area contributed by atoms with Gasteiger partial charge in [0.05, 0.1) is 23.7 Å². The van der Waals surface area contributed by atoms with Crippen LogP contribution in [0.15, 0.2) is 55.0 Å². The first-order valence-corrected chi connectivity index (χ1v) is 8.80. The minimum absolute atomic E-state index is 0.0732. The lowest BCUT2D eigenvalue weighted by atomic mass is 9.99. The third-order valence-electron chi connectivity index (χ3n) is 4.92. The molecule has 0 saturated carbocycles. The zero-order chi connectivity index (χ0) is 18.5. The molecule has 0 fully saturated rings. The molecule has 0 aliphatic carbocycles. The number of phenols is 1. The molecule has 0 saturated heterocycles. The molecule has 2 N–H and O–H groups in total. The largest absolute Gasteiger partial charge is 0.503 e. The van der Waals surface area contributed by atoms with Crippen LogP contribution in [0.4, 0.5) is 5.69 Å². The van der Waals surface area contributed by atoms with Gasteiger partial charge in [-0.1, -0.05) is 35.9 Å². The molecule has 3 heterocycles. The minimum atomic E-state index is -0.285. The fraction of sp³-hybridized carbons (Fsp3) is 0.100. The van der Waals surface area contributed by atoms with Gasteiger partial charge >= 0.3 is 0 Å². The Hall–Kier alpha value is -3.25. The number of fused-ring (bicyclic) bond motifs is 2. The summed E-state index contributed by atoms with van der Waals surface area (Å²) in [5, 5.41) is 18.5. The molecule has 1 unspecified atom stereocenters. The van der Waals surface area contributed by atoms with Gasteiger partial charge in [0.25, 0.3) is 0 Å². The van der Waals surface area contributed by atoms with Crippen LogP contribution in [0.25, 0.3) is 16.8 Å². The number of rotatable bonds is 2. The van der Waals surface area contributed by atoms with Crippen molar-refractivity contribution < 1.29 is 9.84 Å². The lowest BCUT2D eigenvalue weighted by Gasteiger charge is -2.21. The molecule has 1 aliphatic rings. The summed E-state index contributed by atoms with van der Waals surface area (Å²) in [5.41, 5.74) is 5.41. The van der Waals surface area contributed by atoms with E-state index in [0.29, 0.717) is 5.75 Å². The molecule has 4 aromatic rings. The monoisotopic (exact) mass is 378 g/mol. The molecule has 0 spiro atoms. The van der Waals surface area contributed by atoms with E-state index in [1.54, 1.807) is 12.4 Å². The van der Waals surface area contributed by atoms with Crippen molar-refractivity contribution in [2.45, 2.75) is 6.04 Å². The van der Waals surface area contributed by atoms with E-state index in [9.17, 15) is 5.11 Å². The molecular weight excluding hydrogens is 364 g/mol. The Morgan fingerprint density at radius 3 is 2.85 bits per heavy atom. The lowest BCUT2D eigenvalue weighted by Crippen LogP contribution is -2.12. The van der Waals surface area contributed by atoms with Gasteiger partial charge < -0.3 is 15.2 Å². The van der Waals surface area contributed by atoms with Gasteiger partial charge in [-0.05, 0) is 18.2 Å². The first-order chi connectivity index (χ1) is 13.2. The molecular formula is C20H15ClN4O2. The number of benzene rings is 2. The van der Waals surface area contributed by atoms with Crippen LogP contribution in [0.1, 0.15) is 17.2 Å². The van der Waals surface area contributed by atoms with Crippen molar-refractivity contribution in [3.05, 3.63) is 71.1 Å². The van der Waals surface area contributed by atoms with E-state index in [1.807, 2.05) is 47.1 Å². The van der Waals surface area contributed by atoms with Crippen molar-refractivity contribution in [3.63, 3.8) is 0 Å². The summed E-state index contributed by atoms with van der Waals surface area (Å²) in [7, 11) is 1.50. The van der Waals surface area contributed by atoms with Crippen molar-refractivity contribution in [2.75, 3.05) is 12.4 Å². The van der Waals surface area contributed by atoms with Gasteiger partial charge in [-0.25, -0.2) is 9.50 Å². The van der Waals surface area contributed by atoms with Crippen LogP contribution in [0.3, 0.4) is 0 Å². The van der Waals surface area contributed by atoms with Gasteiger partial charge in [0.1, 0.15) is 12.0 Å². The number of nitrogens with one attached hydrogen (secondary N) is 1. The summed E-state index contributed by atoms with van der Waals surface area (Å²) in [6, 6.07) is 13.3. The maximum absolute atomic E-state index is 10.4. The molecule has 1 aliphatic heterocycles. The highest BCUT2D eigenvalue weighted by Crippen LogP contribution is 2.45. The normalized spacial score (nSPS) is 15.1. The SMILES string of the molecule is COc1ccc(C2Nc3ccccc3-c3ncnn4ccc2c34)c(Cl)c1O. The topological polar surface area (TPSA) is 71.7 Å². The highest BCUT2D eigenvalue weighted by atomic mass is 35.5. The summed E-state index contributed by atoms with van der Waals surface area (Å²) in [5.74, 6) is 0.263. The van der Waals surface area contributed by atoms with Crippen LogP contribution in [0, 0.1) is 0 Å². The number of ether oxygens (including phenoxy) is 1. The number of halogens is 1. The average molecular weight is 379 g/mol. The highest BCUT2D eigenvalue weighted by Gasteiger charge is 2.29. The average Bonchev–Trinajstić information content (AvgIpc) is 3.07. The third kappa shape index (κ3) is 2.27. The Morgan fingerprint density at radius 2 is 2.00 bits per heavy atom. The molecule has 1 atom stereocenters. The number of aromatic hydroxyl groups is 1. The minimum Gasteiger partial charge on any atom is -0.503 e. The maximum atomic E-state index is 10.4. The van der Waals surface area contributed by atoms with E-state index < -0.39 is 0 Å². The second kappa shape index (κ2) is 5.89. The number of hydrogen-bond donors (Lipinski definition) is 2. The summed E-state index contributed by atoms with van der Waals surface area (Å²) < 4.78 is 6.98. The molecule has 0 bridgehead atoms. The Bertz CT molecular complexity index is 1190. The number of anilines is 1. The van der Waals surface area contributed by atoms with Crippen LogP contribution >= 0.6 is 11.6 Å². The van der Waals surface area contributed by atoms with Crippen LogP contribution in [-0.4, -0.2) is 26.8 Å². The number of aromatic nitrogens is 3. The number of para-hydroxylation sites is 1. The summed E-state index contributed by atoms with van der Waals surface area (Å²) in [4.78, 5) is 4.53. The molecule has 0 radical (unpaired) electrons. The van der Waals surface area contributed by atoms with Crippen LogP contribution in [0.2, 0.25) is 5.02 Å². The van der Waals surface area contributed by atoms with E-state index >= 15 is 0 Å². The van der Waals surface area contributed by atoms with Crippen LogP contribution < -0.4 is 10.1 Å². The Kier molecular flexibility index (Phi) is 3.48. The zero-order valence-electron chi connectivity index (χ0n) is 14.3. The zero-order valence-corrected chi connectivity index (χ0v) is 15.1. The molecule has 7 heteroatoms. The summed E-state index contributed by atoms with van der Waals surface area (Å²) in [6.45, 7) is 0. The van der Waals surface area contributed by atoms with Crippen molar-refractivity contribution in [2.24, 2.45) is 0 Å². The fourth-order valence-corrected chi connectivity index (χ4v) is 3.92. The molecule has 0 amide bonds. The number of hydrogen-bond acceptors (Lipinski definition) is 5. The highest BCUT2D eigenvalue weighted by molar-refractivity contribution is 6.33. The van der Waals surface area contributed by atoms with E-state index in [0.717, 1.165) is 33.6 Å². The van der Waals surface area contributed by atoms with E-state index in [1.165, 1.54) is 7.11 Å². The van der Waals surface area contributed by atoms with Crippen molar-refractivity contribution in [1.82, 2.24) is 14.6 Å². The van der Waals surface area contributed by atoms with Crippen molar-refractivity contribution >= 4 is 22.8 Å². The molecule has 134 valence electrons. The Balaban J connectivity index is 1.81. The van der Waals surface area contributed by atoms with Crippen LogP contribution in [-0.2, 0) is 0 Å². The third-order valence-corrected chi connectivity index (χ3v) is 5.32. The van der Waals surface area contributed by atoms with Gasteiger partial charge in [0, 0.05) is 28.6 Å². The summed E-state index contributed by atoms with van der Waals surface area (Å²) >= 11 is 6.51. The van der Waals surface area contributed by atoms with Crippen molar-refractivity contribution in [1.29, 1.82) is 0 Å². The Morgan fingerprint density at radius 1 is 1.15 bits per heavy atom. The molecule has 5 rings (SSSR count). The van der Waals surface area contributed by atoms with E-state index in [2.05, 4.69) is 15.4 Å². The molecule has 6 nitrogen and oxygen atoms in total. The van der Waals surface area contributed by atoms with Crippen molar-refractivity contribution in [3.8, 4) is 22.8 Å². The van der Waals surface area contributed by atoms with Gasteiger partial charge in [-0.3, -0.25) is 0 Å². The number of nitrogens with zero attached hydrogens (tertiary/aromatic N) is 3. The molecule has 27 heavy (non-hydrogen) atoms. The quantitative estimate of drug-likeness (QED) is 0.544. The van der Waals surface area contributed by atoms with Gasteiger partial charge in [0.2, 0.25) is 0 Å². The fourth-order valence-electron chi connectivity index (χ4n) is 3.65. The predicted octanol–water partition coefficient (Wildman–Crippen LogP) is 4.28. The first-order valence-electron chi connectivity index (χ1n) is 8.42. The first kappa shape index (κ1) is 16.0. The molecule has 2 aromatic carbocycles. The van der Waals surface area contributed by atoms with E-state index in [-0.39, 0.29) is 16.8 Å². The van der Waals surface area contributed by atoms with Crippen LogP contribution in [0.5, 0.6) is 11.5 Å². The van der Waals surface area contributed by atoms with Gasteiger partial charge in [-0.15, -0.1) is 0 Å². The lowest BCUT2D eigenvalue weighted by molar-refractivity contribution is 0.373. The number of methoxy groups -OCH3 is 1. The second-order valence-corrected chi connectivity index (χ2v) is 6.69. The molecule has 2 aromatic heterocycles. The predicted molar refractivity (Wildman–Crippen MR) is 104 cm³/mol. The Labute approximate surface area is 160 Å². The van der Waals surface area contributed by atoms with Gasteiger partial charge in [-0.2, -0.15) is 5.10 Å².